The Labute approximate surface area is 282 Å². The van der Waals surface area contributed by atoms with Crippen LogP contribution in [0.2, 0.25) is 0 Å². The number of nitrogens with two attached hydrogens (primary N) is 1. The van der Waals surface area contributed by atoms with Gasteiger partial charge in [0.2, 0.25) is 5.96 Å². The Hall–Kier alpha value is -4.13. The van der Waals surface area contributed by atoms with Crippen LogP contribution in [0, 0.1) is 5.92 Å². The maximum atomic E-state index is 15.2. The molecule has 0 fully saturated rings. The molecule has 0 saturated carbocycles. The average Bonchev–Trinajstić information content (AvgIpc) is 3.06. The molecular weight excluding hydrogens is 645 g/mol. The average molecular weight is 694 g/mol. The summed E-state index contributed by atoms with van der Waals surface area (Å²) in [6, 6.07) is 15.1. The topological polar surface area (TPSA) is 186 Å². The number of hydrogen-bond donors (Lipinski definition) is 2. The normalized spacial score (nSPS) is 16.0. The molecule has 0 aliphatic carbocycles. The molecule has 3 unspecified atom stereocenters. The van der Waals surface area contributed by atoms with Crippen LogP contribution in [0.3, 0.4) is 0 Å². The summed E-state index contributed by atoms with van der Waals surface area (Å²) in [6.07, 6.45) is -1.53. The van der Waals surface area contributed by atoms with E-state index >= 15 is 4.57 Å². The maximum Gasteiger partial charge on any atom is 0.511 e. The highest BCUT2D eigenvalue weighted by Gasteiger charge is 2.51. The van der Waals surface area contributed by atoms with Crippen molar-refractivity contribution < 1.29 is 52.1 Å². The Morgan fingerprint density at radius 3 is 1.52 bits per heavy atom. The van der Waals surface area contributed by atoms with Crippen molar-refractivity contribution >= 4 is 32.0 Å². The Kier molecular flexibility index (Phi) is 15.4. The van der Waals surface area contributed by atoms with Gasteiger partial charge in [-0.05, 0) is 18.8 Å². The van der Waals surface area contributed by atoms with Gasteiger partial charge in [-0.25, -0.2) is 28.0 Å². The fourth-order valence-corrected chi connectivity index (χ4v) is 6.49. The minimum absolute atomic E-state index is 0.0317. The molecular formula is C33H48N3O11P. The van der Waals surface area contributed by atoms with Gasteiger partial charge in [0.05, 0.1) is 13.2 Å². The van der Waals surface area contributed by atoms with E-state index in [1.807, 2.05) is 0 Å². The molecule has 0 radical (unpaired) electrons. The third-order valence-electron chi connectivity index (χ3n) is 7.12. The van der Waals surface area contributed by atoms with Crippen LogP contribution in [0.15, 0.2) is 65.4 Å². The Morgan fingerprint density at radius 1 is 0.812 bits per heavy atom. The van der Waals surface area contributed by atoms with Gasteiger partial charge in [-0.15, -0.1) is 4.76 Å². The molecule has 0 aliphatic rings. The summed E-state index contributed by atoms with van der Waals surface area (Å²) in [6.45, 7) is 10.2. The van der Waals surface area contributed by atoms with Crippen molar-refractivity contribution in [1.29, 1.82) is 0 Å². The van der Waals surface area contributed by atoms with E-state index in [0.29, 0.717) is 12.8 Å². The second kappa shape index (κ2) is 18.4. The number of carboxylic acids is 1. The van der Waals surface area contributed by atoms with Gasteiger partial charge < -0.3 is 34.7 Å². The number of carboxylic acid groups (broad SMARTS) is 1. The molecule has 48 heavy (non-hydrogen) atoms. The summed E-state index contributed by atoms with van der Waals surface area (Å²) < 4.78 is 53.6. The molecule has 0 aliphatic heterocycles. The minimum atomic E-state index is -5.14. The van der Waals surface area contributed by atoms with Gasteiger partial charge in [0.1, 0.15) is 6.04 Å². The summed E-state index contributed by atoms with van der Waals surface area (Å²) in [5.41, 5.74) is 6.80. The van der Waals surface area contributed by atoms with E-state index in [2.05, 4.69) is 4.76 Å². The van der Waals surface area contributed by atoms with E-state index in [4.69, 9.17) is 33.7 Å². The maximum absolute atomic E-state index is 15.2. The van der Waals surface area contributed by atoms with Crippen molar-refractivity contribution in [3.8, 4) is 0 Å². The van der Waals surface area contributed by atoms with E-state index in [-0.39, 0.29) is 37.2 Å². The number of nitrogens with zero attached hydrogens (tertiary/aromatic N) is 2. The molecule has 266 valence electrons. The van der Waals surface area contributed by atoms with Gasteiger partial charge in [-0.1, -0.05) is 102 Å². The van der Waals surface area contributed by atoms with Crippen LogP contribution in [0.4, 0.5) is 9.59 Å². The van der Waals surface area contributed by atoms with E-state index < -0.39 is 55.5 Å². The fraction of sp³-hybridized carbons (Fsp3) is 0.515. The first-order valence-corrected chi connectivity index (χ1v) is 17.4. The number of hydrogen-bond acceptors (Lipinski definition) is 10. The molecule has 2 rings (SSSR count). The van der Waals surface area contributed by atoms with E-state index in [9.17, 15) is 19.5 Å². The molecule has 14 nitrogen and oxygen atoms in total. The van der Waals surface area contributed by atoms with E-state index in [1.54, 1.807) is 102 Å². The van der Waals surface area contributed by atoms with Gasteiger partial charge in [-0.3, -0.25) is 0 Å². The quantitative estimate of drug-likeness (QED) is 0.0528. The van der Waals surface area contributed by atoms with Crippen LogP contribution in [0.25, 0.3) is 0 Å². The van der Waals surface area contributed by atoms with Crippen LogP contribution in [0.5, 0.6) is 0 Å². The predicted octanol–water partition coefficient (Wildman–Crippen LogP) is 7.14. The number of rotatable bonds is 18. The Morgan fingerprint density at radius 2 is 1.21 bits per heavy atom. The minimum Gasteiger partial charge on any atom is -0.480 e. The highest BCUT2D eigenvalue weighted by molar-refractivity contribution is 7.52. The third kappa shape index (κ3) is 10.7. The Balaban J connectivity index is 2.89. The molecule has 0 amide bonds. The highest BCUT2D eigenvalue weighted by atomic mass is 31.2. The van der Waals surface area contributed by atoms with Crippen molar-refractivity contribution in [3.63, 3.8) is 0 Å². The standard InChI is InChI=1S/C33H48N3O11P/c1-8-22-42-30(39)44-32(10-3,25-18-14-12-15-19-25)46-48(41,35-29(34)36(7)27(24(5)6)28(37)38)47-33(11-4,26-20-16-13-17-21-26)45-31(40)43-23-9-2/h12-21,24,27H,8-11,22-23H2,1-7H3,(H,37,38)(H2,34,35,41). The summed E-state index contributed by atoms with van der Waals surface area (Å²) >= 11 is 0. The van der Waals surface area contributed by atoms with Gasteiger partial charge in [0, 0.05) is 31.0 Å². The van der Waals surface area contributed by atoms with Crippen LogP contribution in [0.1, 0.15) is 78.4 Å². The zero-order chi connectivity index (χ0) is 36.0. The number of carbonyl (C=O) groups excluding carboxylic acids is 2. The van der Waals surface area contributed by atoms with Gasteiger partial charge in [0.25, 0.3) is 11.6 Å². The largest absolute Gasteiger partial charge is 0.511 e. The molecule has 2 aromatic rings. The first-order valence-electron chi connectivity index (χ1n) is 15.9. The summed E-state index contributed by atoms with van der Waals surface area (Å²) in [4.78, 5) is 39.1. The van der Waals surface area contributed by atoms with Crippen LogP contribution < -0.4 is 5.73 Å². The van der Waals surface area contributed by atoms with Crippen molar-refractivity contribution in [1.82, 2.24) is 4.90 Å². The van der Waals surface area contributed by atoms with Crippen LogP contribution >= 0.6 is 7.75 Å². The molecule has 0 bridgehead atoms. The lowest BCUT2D eigenvalue weighted by molar-refractivity contribution is -0.203. The lowest BCUT2D eigenvalue weighted by atomic mass is 10.0. The fourth-order valence-electron chi connectivity index (χ4n) is 4.69. The Bertz CT molecular complexity index is 1330. The zero-order valence-electron chi connectivity index (χ0n) is 28.6. The molecule has 0 spiro atoms. The number of carbonyl (C=O) groups is 3. The monoisotopic (exact) mass is 693 g/mol. The lowest BCUT2D eigenvalue weighted by Gasteiger charge is -2.38. The molecule has 0 heterocycles. The molecule has 0 aromatic heterocycles. The number of guanidine groups is 1. The molecule has 3 atom stereocenters. The summed E-state index contributed by atoms with van der Waals surface area (Å²) in [5, 5.41) is 9.92. The van der Waals surface area contributed by atoms with Gasteiger partial charge in [-0.2, -0.15) is 0 Å². The smallest absolute Gasteiger partial charge is 0.480 e. The predicted molar refractivity (Wildman–Crippen MR) is 178 cm³/mol. The van der Waals surface area contributed by atoms with Crippen molar-refractivity contribution in [2.75, 3.05) is 20.3 Å². The van der Waals surface area contributed by atoms with E-state index in [0.717, 1.165) is 4.90 Å². The SMILES string of the molecule is CCCOC(=O)OC(CC)(OP(=O)(N=C(N)N(C)C(C(=O)O)C(C)C)OC(CC)(OC(=O)OCCC)c1ccccc1)c1ccccc1. The van der Waals surface area contributed by atoms with E-state index in [1.165, 1.54) is 7.05 Å². The number of likely N-dealkylation sites (N-methyl/N-ethyl adjacent to an activating group) is 1. The molecule has 0 saturated heterocycles. The molecule has 15 heteroatoms. The summed E-state index contributed by atoms with van der Waals surface area (Å²) in [7, 11) is -3.78. The molecule has 3 N–H and O–H groups in total. The van der Waals surface area contributed by atoms with Crippen LogP contribution in [-0.4, -0.2) is 60.5 Å². The second-order valence-corrected chi connectivity index (χ2v) is 12.6. The van der Waals surface area contributed by atoms with Crippen molar-refractivity contribution in [2.24, 2.45) is 16.4 Å². The van der Waals surface area contributed by atoms with Crippen LogP contribution in [-0.2, 0) is 48.9 Å². The number of ether oxygens (including phenoxy) is 4. The van der Waals surface area contributed by atoms with Gasteiger partial charge in [0.15, 0.2) is 0 Å². The third-order valence-corrected chi connectivity index (χ3v) is 8.62. The number of benzene rings is 2. The second-order valence-electron chi connectivity index (χ2n) is 11.1. The summed E-state index contributed by atoms with van der Waals surface area (Å²) in [5.74, 6) is -6.52. The van der Waals surface area contributed by atoms with Crippen molar-refractivity contribution in [3.05, 3.63) is 71.8 Å². The lowest BCUT2D eigenvalue weighted by Crippen LogP contribution is -2.49. The molecule has 2 aromatic carbocycles. The zero-order valence-corrected chi connectivity index (χ0v) is 29.5. The first kappa shape index (κ1) is 40.0. The van der Waals surface area contributed by atoms with Gasteiger partial charge >= 0.3 is 26.0 Å². The first-order chi connectivity index (χ1) is 22.7. The highest BCUT2D eigenvalue weighted by Crippen LogP contribution is 2.61. The van der Waals surface area contributed by atoms with Crippen molar-refractivity contribution in [2.45, 2.75) is 84.8 Å². The number of aliphatic carboxylic acids is 1.